The minimum atomic E-state index is -1.37. The summed E-state index contributed by atoms with van der Waals surface area (Å²) < 4.78 is 22.1. The molecule has 5 aliphatic rings. The van der Waals surface area contributed by atoms with Crippen LogP contribution in [0.25, 0.3) is 0 Å². The first-order valence-corrected chi connectivity index (χ1v) is 12.0. The van der Waals surface area contributed by atoms with Gasteiger partial charge >= 0.3 is 0 Å². The number of ketones is 2. The van der Waals surface area contributed by atoms with Crippen LogP contribution in [0.3, 0.4) is 0 Å². The first kappa shape index (κ1) is 19.6. The number of carbonyl (C=O) groups is 2. The Bertz CT molecular complexity index is 812. The molecule has 3 saturated carbocycles. The monoisotopic (exact) mass is 502 g/mol. The minimum Gasteiger partial charge on any atom is -0.381 e. The number of fused-ring (bicyclic) bond motifs is 3. The molecular weight excluding hydrogens is 474 g/mol. The zero-order chi connectivity index (χ0) is 20.3. The van der Waals surface area contributed by atoms with Crippen LogP contribution in [-0.2, 0) is 14.3 Å². The first-order valence-electron chi connectivity index (χ1n) is 10.4. The van der Waals surface area contributed by atoms with Gasteiger partial charge in [0.25, 0.3) is 0 Å². The van der Waals surface area contributed by atoms with Crippen molar-refractivity contribution in [3.63, 3.8) is 0 Å². The van der Waals surface area contributed by atoms with Crippen LogP contribution in [0.1, 0.15) is 52.9 Å². The van der Waals surface area contributed by atoms with Crippen molar-refractivity contribution in [1.82, 2.24) is 0 Å². The molecule has 5 rings (SSSR count). The second kappa shape index (κ2) is 5.67. The number of hydrogen-bond acceptors (Lipinski definition) is 4. The van der Waals surface area contributed by atoms with Crippen molar-refractivity contribution in [2.75, 3.05) is 4.43 Å². The maximum Gasteiger partial charge on any atom is 0.174 e. The van der Waals surface area contributed by atoms with E-state index >= 15 is 4.39 Å². The number of rotatable bonds is 2. The third kappa shape index (κ3) is 1.94. The third-order valence-corrected chi connectivity index (χ3v) is 10.1. The highest BCUT2D eigenvalue weighted by Gasteiger charge is 2.83. The summed E-state index contributed by atoms with van der Waals surface area (Å²) in [5.74, 6) is -0.219. The van der Waals surface area contributed by atoms with E-state index in [2.05, 4.69) is 6.92 Å². The zero-order valence-corrected chi connectivity index (χ0v) is 18.8. The van der Waals surface area contributed by atoms with Crippen molar-refractivity contribution in [3.8, 4) is 0 Å². The number of epoxide rings is 1. The Labute approximate surface area is 178 Å². The molecule has 4 fully saturated rings. The largest absolute Gasteiger partial charge is 0.381 e. The Morgan fingerprint density at radius 3 is 2.75 bits per heavy atom. The van der Waals surface area contributed by atoms with Crippen molar-refractivity contribution < 1.29 is 23.8 Å². The van der Waals surface area contributed by atoms with Crippen LogP contribution in [0.5, 0.6) is 0 Å². The SMILES string of the molecule is C[C@H]1CC2C3C[C@H](F)C4=CC(=O)CC[C@]4(C)[C@@]34O[C@H]4C[C@]2(C)[C@@]1(O)C(=O)CI. The fraction of sp³-hybridized carbons (Fsp3) is 0.818. The molecule has 1 aliphatic heterocycles. The molecule has 2 unspecified atom stereocenters. The highest BCUT2D eigenvalue weighted by Crippen LogP contribution is 2.77. The summed E-state index contributed by atoms with van der Waals surface area (Å²) in [7, 11) is 0. The average molecular weight is 502 g/mol. The Morgan fingerprint density at radius 1 is 1.36 bits per heavy atom. The van der Waals surface area contributed by atoms with Gasteiger partial charge in [-0.15, -0.1) is 0 Å². The zero-order valence-electron chi connectivity index (χ0n) is 16.6. The van der Waals surface area contributed by atoms with Gasteiger partial charge < -0.3 is 9.84 Å². The molecule has 0 aromatic rings. The first-order chi connectivity index (χ1) is 13.1. The molecule has 154 valence electrons. The van der Waals surface area contributed by atoms with Crippen LogP contribution in [0.2, 0.25) is 0 Å². The minimum absolute atomic E-state index is 0.0133. The molecule has 1 heterocycles. The number of Topliss-reactive ketones (excluding diaryl/α,β-unsaturated/α-hetero) is 1. The normalized spacial score (nSPS) is 56.9. The number of aliphatic hydroxyl groups is 1. The summed E-state index contributed by atoms with van der Waals surface area (Å²) in [6.07, 6.45) is 3.05. The molecule has 4 aliphatic carbocycles. The molecule has 0 aromatic carbocycles. The van der Waals surface area contributed by atoms with E-state index in [1.165, 1.54) is 0 Å². The third-order valence-electron chi connectivity index (χ3n) is 9.45. The summed E-state index contributed by atoms with van der Waals surface area (Å²) >= 11 is 2.04. The summed E-state index contributed by atoms with van der Waals surface area (Å²) in [5.41, 5.74) is -2.25. The van der Waals surface area contributed by atoms with Crippen LogP contribution in [-0.4, -0.2) is 44.6 Å². The van der Waals surface area contributed by atoms with E-state index in [0.29, 0.717) is 31.3 Å². The quantitative estimate of drug-likeness (QED) is 0.356. The molecule has 0 amide bonds. The van der Waals surface area contributed by atoms with Crippen LogP contribution < -0.4 is 0 Å². The maximum atomic E-state index is 15.4. The van der Waals surface area contributed by atoms with Gasteiger partial charge in [-0.1, -0.05) is 43.4 Å². The molecule has 9 atom stereocenters. The van der Waals surface area contributed by atoms with Crippen LogP contribution >= 0.6 is 22.6 Å². The number of carbonyl (C=O) groups excluding carboxylic acids is 2. The Morgan fingerprint density at radius 2 is 2.07 bits per heavy atom. The van der Waals surface area contributed by atoms with Gasteiger partial charge in [0.2, 0.25) is 0 Å². The lowest BCUT2D eigenvalue weighted by molar-refractivity contribution is -0.161. The molecule has 1 saturated heterocycles. The fourth-order valence-electron chi connectivity index (χ4n) is 8.04. The second-order valence-electron chi connectivity index (χ2n) is 10.3. The molecule has 1 N–H and O–H groups in total. The molecule has 0 radical (unpaired) electrons. The van der Waals surface area contributed by atoms with Crippen LogP contribution in [0.4, 0.5) is 4.39 Å². The van der Waals surface area contributed by atoms with E-state index in [4.69, 9.17) is 4.74 Å². The van der Waals surface area contributed by atoms with Gasteiger partial charge in [-0.3, -0.25) is 9.59 Å². The van der Waals surface area contributed by atoms with Crippen LogP contribution in [0, 0.1) is 28.6 Å². The molecule has 28 heavy (non-hydrogen) atoms. The van der Waals surface area contributed by atoms with Crippen molar-refractivity contribution in [2.24, 2.45) is 28.6 Å². The van der Waals surface area contributed by atoms with Crippen molar-refractivity contribution in [3.05, 3.63) is 11.6 Å². The molecule has 0 bridgehead atoms. The molecule has 1 spiro atoms. The van der Waals surface area contributed by atoms with E-state index in [1.54, 1.807) is 6.08 Å². The van der Waals surface area contributed by atoms with Crippen LogP contribution in [0.15, 0.2) is 11.6 Å². The van der Waals surface area contributed by atoms with E-state index in [-0.39, 0.29) is 39.9 Å². The van der Waals surface area contributed by atoms with Crippen molar-refractivity contribution in [2.45, 2.75) is 76.4 Å². The van der Waals surface area contributed by atoms with Gasteiger partial charge in [-0.25, -0.2) is 4.39 Å². The van der Waals surface area contributed by atoms with E-state index < -0.39 is 28.2 Å². The predicted molar refractivity (Wildman–Crippen MR) is 110 cm³/mol. The molecular formula is C22H28FIO4. The van der Waals surface area contributed by atoms with Gasteiger partial charge in [-0.05, 0) is 55.1 Å². The summed E-state index contributed by atoms with van der Waals surface area (Å²) in [6.45, 7) is 6.07. The van der Waals surface area contributed by atoms with Gasteiger partial charge in [0.1, 0.15) is 17.4 Å². The van der Waals surface area contributed by atoms with Gasteiger partial charge in [0.05, 0.1) is 10.5 Å². The maximum absolute atomic E-state index is 15.4. The van der Waals surface area contributed by atoms with Crippen molar-refractivity contribution >= 4 is 34.2 Å². The molecule has 4 nitrogen and oxygen atoms in total. The second-order valence-corrected chi connectivity index (χ2v) is 11.1. The predicted octanol–water partition coefficient (Wildman–Crippen LogP) is 3.58. The number of ether oxygens (including phenoxy) is 1. The average Bonchev–Trinajstić information content (AvgIpc) is 3.34. The van der Waals surface area contributed by atoms with E-state index in [0.717, 1.165) is 6.42 Å². The highest BCUT2D eigenvalue weighted by atomic mass is 127. The molecule has 6 heteroatoms. The lowest BCUT2D eigenvalue weighted by Gasteiger charge is -2.57. The number of hydrogen-bond donors (Lipinski definition) is 1. The Kier molecular flexibility index (Phi) is 3.97. The topological polar surface area (TPSA) is 66.9 Å². The van der Waals surface area contributed by atoms with Gasteiger partial charge in [0.15, 0.2) is 11.6 Å². The Balaban J connectivity index is 1.62. The Hall–Kier alpha value is -0.340. The van der Waals surface area contributed by atoms with Crippen molar-refractivity contribution in [1.29, 1.82) is 0 Å². The van der Waals surface area contributed by atoms with E-state index in [9.17, 15) is 14.7 Å². The lowest BCUT2D eigenvalue weighted by Crippen LogP contribution is -2.63. The number of halogens is 2. The van der Waals surface area contributed by atoms with Gasteiger partial charge in [0, 0.05) is 17.3 Å². The summed E-state index contributed by atoms with van der Waals surface area (Å²) in [4.78, 5) is 24.9. The fourth-order valence-corrected chi connectivity index (χ4v) is 8.62. The highest BCUT2D eigenvalue weighted by molar-refractivity contribution is 14.1. The number of alkyl halides is 2. The van der Waals surface area contributed by atoms with Gasteiger partial charge in [-0.2, -0.15) is 0 Å². The lowest BCUT2D eigenvalue weighted by atomic mass is 9.45. The summed E-state index contributed by atoms with van der Waals surface area (Å²) in [6, 6.07) is 0. The molecule has 0 aromatic heterocycles. The summed E-state index contributed by atoms with van der Waals surface area (Å²) in [5, 5.41) is 11.6. The van der Waals surface area contributed by atoms with E-state index in [1.807, 2.05) is 36.4 Å². The smallest absolute Gasteiger partial charge is 0.174 e. The standard InChI is InChI=1S/C22H28FIO4/c1-11-6-13-14-8-16(23)15-7-12(25)4-5-19(15,2)22(14)18(28-22)9-20(13,3)21(11,27)17(26)10-24/h7,11,13-14,16,18,27H,4-6,8-10H2,1-3H3/t11-,13?,14?,16-,18-,19-,20-,21-,22+/m0/s1.